The Morgan fingerprint density at radius 2 is 1.55 bits per heavy atom. The number of anilines is 1. The van der Waals surface area contributed by atoms with E-state index in [9.17, 15) is 18.0 Å². The normalized spacial score (nSPS) is 12.6. The summed E-state index contributed by atoms with van der Waals surface area (Å²) in [5.74, 6) is -0.810. The van der Waals surface area contributed by atoms with Gasteiger partial charge in [0.25, 0.3) is 0 Å². The summed E-state index contributed by atoms with van der Waals surface area (Å²) in [7, 11) is -1.19. The third-order valence-electron chi connectivity index (χ3n) is 6.66. The second-order valence-electron chi connectivity index (χ2n) is 11.7. The van der Waals surface area contributed by atoms with Gasteiger partial charge >= 0.3 is 10.2 Å². The number of nitrogens with one attached hydrogen (secondary N) is 1. The second kappa shape index (κ2) is 13.8. The predicted molar refractivity (Wildman–Crippen MR) is 172 cm³/mol. The lowest BCUT2D eigenvalue weighted by Crippen LogP contribution is -2.56. The van der Waals surface area contributed by atoms with Crippen LogP contribution in [0.4, 0.5) is 5.69 Å². The summed E-state index contributed by atoms with van der Waals surface area (Å²) >= 11 is 3.50. The molecule has 0 aliphatic rings. The topological polar surface area (TPSA) is 90.0 Å². The smallest absolute Gasteiger partial charge is 0.304 e. The summed E-state index contributed by atoms with van der Waals surface area (Å²) in [4.78, 5) is 29.8. The van der Waals surface area contributed by atoms with Gasteiger partial charge in [0.2, 0.25) is 11.8 Å². The molecule has 42 heavy (non-hydrogen) atoms. The highest BCUT2D eigenvalue weighted by Gasteiger charge is 2.36. The molecular weight excluding hydrogens is 616 g/mol. The first kappa shape index (κ1) is 33.3. The third kappa shape index (κ3) is 8.89. The molecule has 0 bridgehead atoms. The highest BCUT2D eigenvalue weighted by Crippen LogP contribution is 2.26. The van der Waals surface area contributed by atoms with Crippen LogP contribution in [-0.4, -0.2) is 61.7 Å². The van der Waals surface area contributed by atoms with Crippen LogP contribution in [0.5, 0.6) is 0 Å². The number of aryl methyl sites for hydroxylation is 2. The lowest BCUT2D eigenvalue weighted by molar-refractivity contribution is -0.140. The molecule has 0 saturated heterocycles. The number of benzene rings is 3. The van der Waals surface area contributed by atoms with Crippen LogP contribution >= 0.6 is 15.9 Å². The van der Waals surface area contributed by atoms with Crippen LogP contribution < -0.4 is 9.62 Å². The van der Waals surface area contributed by atoms with Crippen molar-refractivity contribution in [2.24, 2.45) is 0 Å². The van der Waals surface area contributed by atoms with Gasteiger partial charge in [0.1, 0.15) is 12.6 Å². The molecular formula is C32H41BrN4O4S. The van der Waals surface area contributed by atoms with Crippen molar-refractivity contribution in [3.8, 4) is 0 Å². The zero-order valence-electron chi connectivity index (χ0n) is 25.4. The van der Waals surface area contributed by atoms with Gasteiger partial charge in [-0.15, -0.1) is 0 Å². The lowest BCUT2D eigenvalue weighted by atomic mass is 10.0. The maximum atomic E-state index is 14.4. The minimum atomic E-state index is -4.06. The molecule has 0 saturated carbocycles. The van der Waals surface area contributed by atoms with Crippen molar-refractivity contribution in [2.75, 3.05) is 24.9 Å². The van der Waals surface area contributed by atoms with E-state index in [0.717, 1.165) is 29.8 Å². The Balaban J connectivity index is 2.15. The number of carbonyl (C=O) groups is 2. The zero-order chi connectivity index (χ0) is 31.2. The zero-order valence-corrected chi connectivity index (χ0v) is 27.8. The van der Waals surface area contributed by atoms with Crippen LogP contribution in [0.2, 0.25) is 0 Å². The Kier molecular flexibility index (Phi) is 11.0. The fourth-order valence-electron chi connectivity index (χ4n) is 4.53. The van der Waals surface area contributed by atoms with Crippen molar-refractivity contribution in [2.45, 2.75) is 59.2 Å². The van der Waals surface area contributed by atoms with Gasteiger partial charge < -0.3 is 10.2 Å². The van der Waals surface area contributed by atoms with E-state index >= 15 is 0 Å². The van der Waals surface area contributed by atoms with Gasteiger partial charge in [0.15, 0.2) is 0 Å². The summed E-state index contributed by atoms with van der Waals surface area (Å²) < 4.78 is 30.3. The Morgan fingerprint density at radius 1 is 0.905 bits per heavy atom. The molecule has 0 radical (unpaired) electrons. The van der Waals surface area contributed by atoms with Gasteiger partial charge in [-0.25, -0.2) is 4.31 Å². The summed E-state index contributed by atoms with van der Waals surface area (Å²) in [6.07, 6.45) is 0.256. The van der Waals surface area contributed by atoms with Crippen molar-refractivity contribution < 1.29 is 18.0 Å². The Morgan fingerprint density at radius 3 is 2.14 bits per heavy atom. The number of carbonyl (C=O) groups excluding carboxylic acids is 2. The number of nitrogens with zero attached hydrogens (tertiary/aromatic N) is 3. The number of hydrogen-bond acceptors (Lipinski definition) is 4. The average molecular weight is 658 g/mol. The Labute approximate surface area is 259 Å². The van der Waals surface area contributed by atoms with E-state index in [4.69, 9.17) is 0 Å². The first-order valence-electron chi connectivity index (χ1n) is 13.8. The number of amides is 2. The fourth-order valence-corrected chi connectivity index (χ4v) is 6.09. The highest BCUT2D eigenvalue weighted by molar-refractivity contribution is 9.10. The molecule has 0 unspecified atom stereocenters. The van der Waals surface area contributed by atoms with Crippen LogP contribution in [0.25, 0.3) is 0 Å². The first-order valence-corrected chi connectivity index (χ1v) is 15.9. The minimum absolute atomic E-state index is 0.107. The molecule has 0 spiro atoms. The van der Waals surface area contributed by atoms with Gasteiger partial charge in [-0.3, -0.25) is 9.59 Å². The maximum Gasteiger partial charge on any atom is 0.304 e. The molecule has 0 aliphatic carbocycles. The van der Waals surface area contributed by atoms with Crippen LogP contribution in [0.1, 0.15) is 43.0 Å². The van der Waals surface area contributed by atoms with E-state index in [-0.39, 0.29) is 18.9 Å². The van der Waals surface area contributed by atoms with Crippen LogP contribution in [0, 0.1) is 13.8 Å². The summed E-state index contributed by atoms with van der Waals surface area (Å²) in [5, 5.41) is 3.04. The predicted octanol–water partition coefficient (Wildman–Crippen LogP) is 5.23. The molecule has 0 aliphatic heterocycles. The van der Waals surface area contributed by atoms with Crippen molar-refractivity contribution in [3.63, 3.8) is 0 Å². The van der Waals surface area contributed by atoms with E-state index in [1.165, 1.54) is 19.0 Å². The molecule has 3 rings (SSSR count). The maximum absolute atomic E-state index is 14.4. The molecule has 0 heterocycles. The molecule has 8 nitrogen and oxygen atoms in total. The Bertz CT molecular complexity index is 1500. The average Bonchev–Trinajstić information content (AvgIpc) is 2.90. The Hall–Kier alpha value is -3.21. The monoisotopic (exact) mass is 656 g/mol. The summed E-state index contributed by atoms with van der Waals surface area (Å²) in [6, 6.07) is 21.6. The largest absolute Gasteiger partial charge is 0.350 e. The van der Waals surface area contributed by atoms with Crippen LogP contribution in [0.15, 0.2) is 77.3 Å². The second-order valence-corrected chi connectivity index (χ2v) is 14.7. The number of rotatable bonds is 11. The highest BCUT2D eigenvalue weighted by atomic mass is 79.9. The lowest BCUT2D eigenvalue weighted by Gasteiger charge is -2.36. The van der Waals surface area contributed by atoms with E-state index in [1.54, 1.807) is 6.07 Å². The number of hydrogen-bond donors (Lipinski definition) is 1. The molecule has 0 fully saturated rings. The molecule has 10 heteroatoms. The molecule has 226 valence electrons. The molecule has 1 N–H and O–H groups in total. The standard InChI is InChI=1S/C32H41BrN4O4S/c1-23-16-17-24(2)28(18-23)37(42(40,41)35(6)7)22-30(38)36(21-26-14-11-15-27(33)19-26)29(31(39)34-32(3,4)5)20-25-12-9-8-10-13-25/h8-19,29H,20-22H2,1-7H3,(H,34,39)/t29-/m1/s1. The molecule has 3 aromatic rings. The first-order chi connectivity index (χ1) is 19.6. The molecule has 2 amide bonds. The van der Waals surface area contributed by atoms with Gasteiger partial charge in [-0.05, 0) is 75.1 Å². The fraction of sp³-hybridized carbons (Fsp3) is 0.375. The van der Waals surface area contributed by atoms with Gasteiger partial charge in [0, 0.05) is 37.1 Å². The summed E-state index contributed by atoms with van der Waals surface area (Å²) in [6.45, 7) is 8.97. The van der Waals surface area contributed by atoms with Crippen LogP contribution in [0.3, 0.4) is 0 Å². The van der Waals surface area contributed by atoms with Crippen LogP contribution in [-0.2, 0) is 32.8 Å². The SMILES string of the molecule is Cc1ccc(C)c(N(CC(=O)N(Cc2cccc(Br)c2)[C@H](Cc2ccccc2)C(=O)NC(C)(C)C)S(=O)(=O)N(C)C)c1. The number of halogens is 1. The quantitative estimate of drug-likeness (QED) is 0.306. The van der Waals surface area contributed by atoms with E-state index < -0.39 is 34.2 Å². The van der Waals surface area contributed by atoms with Gasteiger partial charge in [-0.2, -0.15) is 12.7 Å². The molecule has 3 aromatic carbocycles. The van der Waals surface area contributed by atoms with Crippen molar-refractivity contribution in [1.29, 1.82) is 0 Å². The van der Waals surface area contributed by atoms with Gasteiger partial charge in [-0.1, -0.05) is 70.5 Å². The van der Waals surface area contributed by atoms with E-state index in [1.807, 2.05) is 101 Å². The summed E-state index contributed by atoms with van der Waals surface area (Å²) in [5.41, 5.74) is 3.12. The third-order valence-corrected chi connectivity index (χ3v) is 8.96. The van der Waals surface area contributed by atoms with E-state index in [0.29, 0.717) is 11.3 Å². The van der Waals surface area contributed by atoms with E-state index in [2.05, 4.69) is 21.2 Å². The van der Waals surface area contributed by atoms with Crippen molar-refractivity contribution >= 4 is 43.6 Å². The molecule has 0 aromatic heterocycles. The van der Waals surface area contributed by atoms with Crippen molar-refractivity contribution in [1.82, 2.24) is 14.5 Å². The minimum Gasteiger partial charge on any atom is -0.350 e. The molecule has 1 atom stereocenters. The van der Waals surface area contributed by atoms with Crippen molar-refractivity contribution in [3.05, 3.63) is 99.5 Å². The van der Waals surface area contributed by atoms with Gasteiger partial charge in [0.05, 0.1) is 5.69 Å².